The van der Waals surface area contributed by atoms with Gasteiger partial charge in [-0.05, 0) is 6.42 Å². The Bertz CT molecular complexity index is 403. The molecule has 5 heteroatoms. The third-order valence-corrected chi connectivity index (χ3v) is 4.64. The van der Waals surface area contributed by atoms with Crippen LogP contribution in [-0.4, -0.2) is 33.6 Å². The lowest BCUT2D eigenvalue weighted by Gasteiger charge is -2.36. The highest BCUT2D eigenvalue weighted by Crippen LogP contribution is 2.31. The van der Waals surface area contributed by atoms with E-state index in [1.807, 2.05) is 11.8 Å². The summed E-state index contributed by atoms with van der Waals surface area (Å²) in [6.45, 7) is 8.79. The van der Waals surface area contributed by atoms with Crippen molar-refractivity contribution in [3.63, 3.8) is 0 Å². The molecule has 2 atom stereocenters. The molecule has 2 unspecified atom stereocenters. The second kappa shape index (κ2) is 6.11. The maximum Gasteiger partial charge on any atom is 0.137 e. The summed E-state index contributed by atoms with van der Waals surface area (Å²) >= 11 is 8.26. The molecule has 0 radical (unpaired) electrons. The molecule has 1 aliphatic rings. The molecule has 2 rings (SSSR count). The van der Waals surface area contributed by atoms with Gasteiger partial charge in [0.25, 0.3) is 0 Å². The lowest BCUT2D eigenvalue weighted by molar-refractivity contribution is 0.709. The molecular weight excluding hydrogens is 266 g/mol. The van der Waals surface area contributed by atoms with Crippen molar-refractivity contribution in [3.8, 4) is 0 Å². The van der Waals surface area contributed by atoms with Crippen molar-refractivity contribution in [1.82, 2.24) is 9.97 Å². The molecule has 0 saturated carbocycles. The number of rotatable bonds is 3. The van der Waals surface area contributed by atoms with Crippen LogP contribution < -0.4 is 4.90 Å². The third kappa shape index (κ3) is 3.09. The number of anilines is 1. The Balaban J connectivity index is 2.29. The Morgan fingerprint density at radius 1 is 1.33 bits per heavy atom. The minimum Gasteiger partial charge on any atom is -0.354 e. The van der Waals surface area contributed by atoms with E-state index < -0.39 is 0 Å². The summed E-state index contributed by atoms with van der Waals surface area (Å²) in [6.07, 6.45) is 3.59. The lowest BCUT2D eigenvalue weighted by atomic mass is 10.1. The molecule has 0 aromatic carbocycles. The molecule has 3 nitrogen and oxygen atoms in total. The van der Waals surface area contributed by atoms with Crippen molar-refractivity contribution < 1.29 is 0 Å². The summed E-state index contributed by atoms with van der Waals surface area (Å²) in [5.41, 5.74) is 1.10. The van der Waals surface area contributed by atoms with Crippen LogP contribution in [0.3, 0.4) is 0 Å². The first kappa shape index (κ1) is 13.9. The van der Waals surface area contributed by atoms with Crippen molar-refractivity contribution in [2.75, 3.05) is 18.0 Å². The van der Waals surface area contributed by atoms with Gasteiger partial charge < -0.3 is 4.90 Å². The highest BCUT2D eigenvalue weighted by atomic mass is 35.5. The average molecular weight is 286 g/mol. The number of aromatic nitrogens is 2. The van der Waals surface area contributed by atoms with Crippen LogP contribution in [0.15, 0.2) is 6.33 Å². The van der Waals surface area contributed by atoms with Crippen LogP contribution in [-0.2, 0) is 6.42 Å². The summed E-state index contributed by atoms with van der Waals surface area (Å²) in [6, 6.07) is 0. The highest BCUT2D eigenvalue weighted by molar-refractivity contribution is 8.00. The van der Waals surface area contributed by atoms with Crippen molar-refractivity contribution in [1.29, 1.82) is 0 Å². The molecule has 2 heterocycles. The molecule has 1 aromatic heterocycles. The Morgan fingerprint density at radius 2 is 2.00 bits per heavy atom. The molecule has 1 aromatic rings. The first-order valence-electron chi connectivity index (χ1n) is 6.51. The molecule has 18 heavy (non-hydrogen) atoms. The lowest BCUT2D eigenvalue weighted by Crippen LogP contribution is -2.41. The van der Waals surface area contributed by atoms with Gasteiger partial charge >= 0.3 is 0 Å². The van der Waals surface area contributed by atoms with E-state index in [-0.39, 0.29) is 0 Å². The Hall–Kier alpha value is -0.480. The second-order valence-electron chi connectivity index (χ2n) is 4.88. The smallest absolute Gasteiger partial charge is 0.137 e. The zero-order chi connectivity index (χ0) is 13.1. The van der Waals surface area contributed by atoms with Gasteiger partial charge in [-0.25, -0.2) is 9.97 Å². The van der Waals surface area contributed by atoms with Gasteiger partial charge in [-0.1, -0.05) is 38.8 Å². The van der Waals surface area contributed by atoms with E-state index in [1.54, 1.807) is 6.33 Å². The number of hydrogen-bond donors (Lipinski definition) is 0. The van der Waals surface area contributed by atoms with Crippen LogP contribution in [0.4, 0.5) is 5.82 Å². The molecule has 0 aliphatic carbocycles. The normalized spacial score (nSPS) is 24.3. The molecule has 0 spiro atoms. The summed E-state index contributed by atoms with van der Waals surface area (Å²) < 4.78 is 0. The fraction of sp³-hybridized carbons (Fsp3) is 0.692. The Labute approximate surface area is 118 Å². The van der Waals surface area contributed by atoms with Gasteiger partial charge in [0.2, 0.25) is 0 Å². The van der Waals surface area contributed by atoms with Gasteiger partial charge in [0.15, 0.2) is 0 Å². The molecule has 1 saturated heterocycles. The highest BCUT2D eigenvalue weighted by Gasteiger charge is 2.25. The first-order valence-corrected chi connectivity index (χ1v) is 7.83. The molecular formula is C13H20ClN3S. The first-order chi connectivity index (χ1) is 8.61. The van der Waals surface area contributed by atoms with E-state index >= 15 is 0 Å². The summed E-state index contributed by atoms with van der Waals surface area (Å²) in [5, 5.41) is 1.88. The molecule has 100 valence electrons. The average Bonchev–Trinajstić information content (AvgIpc) is 2.30. The van der Waals surface area contributed by atoms with Crippen molar-refractivity contribution in [2.45, 2.75) is 44.1 Å². The standard InChI is InChI=1S/C13H20ClN3S/c1-4-5-11-12(14)15-8-16-13(11)17-6-9(2)18-10(3)7-17/h8-10H,4-7H2,1-3H3. The number of hydrogen-bond acceptors (Lipinski definition) is 4. The monoisotopic (exact) mass is 285 g/mol. The maximum absolute atomic E-state index is 6.22. The molecule has 0 N–H and O–H groups in total. The van der Waals surface area contributed by atoms with E-state index in [9.17, 15) is 0 Å². The van der Waals surface area contributed by atoms with E-state index in [0.29, 0.717) is 15.7 Å². The SMILES string of the molecule is CCCc1c(Cl)ncnc1N1CC(C)SC(C)C1. The quantitative estimate of drug-likeness (QED) is 0.796. The van der Waals surface area contributed by atoms with Crippen LogP contribution in [0.1, 0.15) is 32.8 Å². The zero-order valence-corrected chi connectivity index (χ0v) is 12.8. The predicted molar refractivity (Wildman–Crippen MR) is 79.8 cm³/mol. The van der Waals surface area contributed by atoms with Gasteiger partial charge in [0.1, 0.15) is 17.3 Å². The van der Waals surface area contributed by atoms with E-state index in [0.717, 1.165) is 37.3 Å². The Morgan fingerprint density at radius 3 is 2.61 bits per heavy atom. The summed E-state index contributed by atoms with van der Waals surface area (Å²) in [7, 11) is 0. The van der Waals surface area contributed by atoms with Crippen molar-refractivity contribution in [2.24, 2.45) is 0 Å². The summed E-state index contributed by atoms with van der Waals surface area (Å²) in [5.74, 6) is 1.04. The maximum atomic E-state index is 6.22. The van der Waals surface area contributed by atoms with Crippen LogP contribution in [0.5, 0.6) is 0 Å². The fourth-order valence-corrected chi connectivity index (χ4v) is 4.02. The predicted octanol–water partition coefficient (Wildman–Crippen LogP) is 3.41. The zero-order valence-electron chi connectivity index (χ0n) is 11.2. The van der Waals surface area contributed by atoms with Crippen LogP contribution >= 0.6 is 23.4 Å². The molecule has 0 bridgehead atoms. The van der Waals surface area contributed by atoms with Crippen molar-refractivity contribution in [3.05, 3.63) is 17.0 Å². The number of thioether (sulfide) groups is 1. The largest absolute Gasteiger partial charge is 0.354 e. The van der Waals surface area contributed by atoms with E-state index in [2.05, 4.69) is 35.6 Å². The number of nitrogens with zero attached hydrogens (tertiary/aromatic N) is 3. The van der Waals surface area contributed by atoms with Gasteiger partial charge in [0.05, 0.1) is 0 Å². The van der Waals surface area contributed by atoms with Gasteiger partial charge in [-0.2, -0.15) is 11.8 Å². The van der Waals surface area contributed by atoms with Gasteiger partial charge in [-0.15, -0.1) is 0 Å². The van der Waals surface area contributed by atoms with Crippen molar-refractivity contribution >= 4 is 29.2 Å². The minimum atomic E-state index is 0.611. The molecule has 0 amide bonds. The minimum absolute atomic E-state index is 0.611. The topological polar surface area (TPSA) is 29.0 Å². The second-order valence-corrected chi connectivity index (χ2v) is 7.12. The number of halogens is 1. The van der Waals surface area contributed by atoms with Crippen LogP contribution in [0, 0.1) is 0 Å². The van der Waals surface area contributed by atoms with Gasteiger partial charge in [0, 0.05) is 29.2 Å². The summed E-state index contributed by atoms with van der Waals surface area (Å²) in [4.78, 5) is 11.0. The van der Waals surface area contributed by atoms with E-state index in [4.69, 9.17) is 11.6 Å². The molecule has 1 aliphatic heterocycles. The van der Waals surface area contributed by atoms with Gasteiger partial charge in [-0.3, -0.25) is 0 Å². The fourth-order valence-electron chi connectivity index (χ4n) is 2.47. The Kier molecular flexibility index (Phi) is 4.73. The third-order valence-electron chi connectivity index (χ3n) is 3.09. The van der Waals surface area contributed by atoms with E-state index in [1.165, 1.54) is 0 Å². The van der Waals surface area contributed by atoms with Crippen LogP contribution in [0.2, 0.25) is 5.15 Å². The van der Waals surface area contributed by atoms with Crippen LogP contribution in [0.25, 0.3) is 0 Å². The molecule has 1 fully saturated rings.